The Balaban J connectivity index is 2.49. The van der Waals surface area contributed by atoms with Gasteiger partial charge in [0.2, 0.25) is 11.8 Å². The van der Waals surface area contributed by atoms with E-state index in [-0.39, 0.29) is 18.1 Å². The van der Waals surface area contributed by atoms with Gasteiger partial charge >= 0.3 is 6.18 Å². The number of carbonyl (C=O) groups is 2. The average molecular weight is 321 g/mol. The number of rotatable bonds is 2. The molecule has 1 unspecified atom stereocenters. The molecule has 1 atom stereocenters. The highest BCUT2D eigenvalue weighted by atomic mass is 35.5. The maximum absolute atomic E-state index is 12.9. The molecule has 1 saturated heterocycles. The Labute approximate surface area is 123 Å². The van der Waals surface area contributed by atoms with Crippen LogP contribution in [0.15, 0.2) is 18.2 Å². The lowest BCUT2D eigenvalue weighted by molar-refractivity contribution is -0.137. The predicted molar refractivity (Wildman–Crippen MR) is 71.0 cm³/mol. The maximum Gasteiger partial charge on any atom is 0.417 e. The van der Waals surface area contributed by atoms with Crippen LogP contribution >= 0.6 is 11.6 Å². The zero-order chi connectivity index (χ0) is 15.8. The second-order valence-electron chi connectivity index (χ2n) is 4.57. The number of anilines is 1. The third-order valence-electron chi connectivity index (χ3n) is 3.22. The van der Waals surface area contributed by atoms with Crippen LogP contribution in [0.3, 0.4) is 0 Å². The monoisotopic (exact) mass is 320 g/mol. The van der Waals surface area contributed by atoms with Gasteiger partial charge in [0.1, 0.15) is 6.04 Å². The molecule has 4 nitrogen and oxygen atoms in total. The number of halogens is 4. The van der Waals surface area contributed by atoms with E-state index in [4.69, 9.17) is 11.6 Å². The van der Waals surface area contributed by atoms with Gasteiger partial charge in [-0.05, 0) is 24.6 Å². The SMILES string of the molecule is CCC1C(=O)NCC(=O)N1c1ccc(Cl)c(C(F)(F)F)c1. The standard InChI is InChI=1S/C13H12ClF3N2O2/c1-2-10-12(21)18-6-11(20)19(10)7-3-4-9(14)8(5-7)13(15,16)17/h3-5,10H,2,6H2,1H3,(H,18,21). The molecule has 0 radical (unpaired) electrons. The molecule has 1 heterocycles. The molecule has 0 aromatic heterocycles. The molecule has 0 aliphatic carbocycles. The van der Waals surface area contributed by atoms with Crippen LogP contribution in [0.25, 0.3) is 0 Å². The van der Waals surface area contributed by atoms with E-state index in [9.17, 15) is 22.8 Å². The first-order valence-corrected chi connectivity index (χ1v) is 6.60. The predicted octanol–water partition coefficient (Wildman–Crippen LogP) is 2.60. The summed E-state index contributed by atoms with van der Waals surface area (Å²) in [7, 11) is 0. The van der Waals surface area contributed by atoms with Crippen molar-refractivity contribution >= 4 is 29.1 Å². The first kappa shape index (κ1) is 15.6. The molecule has 1 N–H and O–H groups in total. The minimum atomic E-state index is -4.63. The summed E-state index contributed by atoms with van der Waals surface area (Å²) in [6.45, 7) is 1.44. The van der Waals surface area contributed by atoms with Crippen LogP contribution in [0.1, 0.15) is 18.9 Å². The molecule has 21 heavy (non-hydrogen) atoms. The van der Waals surface area contributed by atoms with Gasteiger partial charge in [-0.25, -0.2) is 0 Å². The van der Waals surface area contributed by atoms with Crippen molar-refractivity contribution in [1.29, 1.82) is 0 Å². The summed E-state index contributed by atoms with van der Waals surface area (Å²) in [6, 6.07) is 2.35. The van der Waals surface area contributed by atoms with E-state index in [1.807, 2.05) is 0 Å². The second-order valence-corrected chi connectivity index (χ2v) is 4.97. The van der Waals surface area contributed by atoms with Gasteiger partial charge in [0.25, 0.3) is 0 Å². The fraction of sp³-hybridized carbons (Fsp3) is 0.385. The Bertz CT molecular complexity index is 589. The number of piperazine rings is 1. The number of hydrogen-bond donors (Lipinski definition) is 1. The van der Waals surface area contributed by atoms with E-state index in [1.165, 1.54) is 6.07 Å². The summed E-state index contributed by atoms with van der Waals surface area (Å²) in [5.41, 5.74) is -1.02. The van der Waals surface area contributed by atoms with Crippen molar-refractivity contribution in [3.63, 3.8) is 0 Å². The van der Waals surface area contributed by atoms with E-state index in [0.29, 0.717) is 6.42 Å². The summed E-state index contributed by atoms with van der Waals surface area (Å²) >= 11 is 5.55. The summed E-state index contributed by atoms with van der Waals surface area (Å²) in [5, 5.41) is 1.96. The Hall–Kier alpha value is -1.76. The number of benzene rings is 1. The maximum atomic E-state index is 12.9. The third-order valence-corrected chi connectivity index (χ3v) is 3.55. The van der Waals surface area contributed by atoms with Crippen molar-refractivity contribution in [2.45, 2.75) is 25.6 Å². The number of amides is 2. The first-order valence-electron chi connectivity index (χ1n) is 6.22. The molecule has 1 aromatic rings. The van der Waals surface area contributed by atoms with Crippen molar-refractivity contribution < 1.29 is 22.8 Å². The molecular weight excluding hydrogens is 309 g/mol. The Kier molecular flexibility index (Phi) is 4.13. The van der Waals surface area contributed by atoms with Gasteiger partial charge < -0.3 is 5.32 Å². The number of nitrogens with one attached hydrogen (secondary N) is 1. The van der Waals surface area contributed by atoms with Crippen LogP contribution in [0.5, 0.6) is 0 Å². The molecular formula is C13H12ClF3N2O2. The van der Waals surface area contributed by atoms with Gasteiger partial charge in [-0.1, -0.05) is 18.5 Å². The zero-order valence-corrected chi connectivity index (χ0v) is 11.8. The van der Waals surface area contributed by atoms with Crippen LogP contribution < -0.4 is 10.2 Å². The summed E-state index contributed by atoms with van der Waals surface area (Å²) in [6.07, 6.45) is -4.34. The van der Waals surface area contributed by atoms with Crippen LogP contribution in [0.4, 0.5) is 18.9 Å². The lowest BCUT2D eigenvalue weighted by atomic mass is 10.1. The fourth-order valence-corrected chi connectivity index (χ4v) is 2.45. The molecule has 0 spiro atoms. The lowest BCUT2D eigenvalue weighted by Crippen LogP contribution is -2.58. The van der Waals surface area contributed by atoms with Gasteiger partial charge in [0.05, 0.1) is 17.1 Å². The zero-order valence-electron chi connectivity index (χ0n) is 11.0. The third kappa shape index (κ3) is 2.97. The smallest absolute Gasteiger partial charge is 0.345 e. The average Bonchev–Trinajstić information content (AvgIpc) is 2.40. The molecule has 2 amide bonds. The number of carbonyl (C=O) groups excluding carboxylic acids is 2. The minimum absolute atomic E-state index is 0.0124. The molecule has 114 valence electrons. The topological polar surface area (TPSA) is 49.4 Å². The number of alkyl halides is 3. The number of nitrogens with zero attached hydrogens (tertiary/aromatic N) is 1. The van der Waals surface area contributed by atoms with Crippen molar-refractivity contribution in [2.75, 3.05) is 11.4 Å². The van der Waals surface area contributed by atoms with E-state index >= 15 is 0 Å². The van der Waals surface area contributed by atoms with Crippen molar-refractivity contribution in [1.82, 2.24) is 5.32 Å². The van der Waals surface area contributed by atoms with Crippen LogP contribution in [0.2, 0.25) is 5.02 Å². The molecule has 0 bridgehead atoms. The van der Waals surface area contributed by atoms with Gasteiger partial charge in [-0.2, -0.15) is 13.2 Å². The van der Waals surface area contributed by atoms with Gasteiger partial charge in [-0.15, -0.1) is 0 Å². The molecule has 1 fully saturated rings. The molecule has 1 aliphatic rings. The summed E-state index contributed by atoms with van der Waals surface area (Å²) in [5.74, 6) is -0.850. The molecule has 1 aromatic carbocycles. The van der Waals surface area contributed by atoms with E-state index < -0.39 is 28.7 Å². The number of hydrogen-bond acceptors (Lipinski definition) is 2. The Morgan fingerprint density at radius 2 is 2.05 bits per heavy atom. The van der Waals surface area contributed by atoms with E-state index in [0.717, 1.165) is 17.0 Å². The van der Waals surface area contributed by atoms with Crippen molar-refractivity contribution in [3.8, 4) is 0 Å². The fourth-order valence-electron chi connectivity index (χ4n) is 2.23. The first-order chi connectivity index (χ1) is 9.75. The second kappa shape index (κ2) is 5.55. The lowest BCUT2D eigenvalue weighted by Gasteiger charge is -2.34. The largest absolute Gasteiger partial charge is 0.417 e. The van der Waals surface area contributed by atoms with Crippen LogP contribution in [-0.4, -0.2) is 24.4 Å². The van der Waals surface area contributed by atoms with Crippen LogP contribution in [0, 0.1) is 0 Å². The van der Waals surface area contributed by atoms with Gasteiger partial charge in [0.15, 0.2) is 0 Å². The summed E-state index contributed by atoms with van der Waals surface area (Å²) < 4.78 is 38.6. The molecule has 2 rings (SSSR count). The highest BCUT2D eigenvalue weighted by Gasteiger charge is 2.37. The van der Waals surface area contributed by atoms with E-state index in [1.54, 1.807) is 6.92 Å². The van der Waals surface area contributed by atoms with Crippen molar-refractivity contribution in [3.05, 3.63) is 28.8 Å². The van der Waals surface area contributed by atoms with Crippen LogP contribution in [-0.2, 0) is 15.8 Å². The van der Waals surface area contributed by atoms with Gasteiger partial charge in [0, 0.05) is 5.69 Å². The Morgan fingerprint density at radius 1 is 1.38 bits per heavy atom. The van der Waals surface area contributed by atoms with Crippen molar-refractivity contribution in [2.24, 2.45) is 0 Å². The van der Waals surface area contributed by atoms with E-state index in [2.05, 4.69) is 5.32 Å². The quantitative estimate of drug-likeness (QED) is 0.910. The molecule has 8 heteroatoms. The normalized spacial score (nSPS) is 19.7. The Morgan fingerprint density at radius 3 is 2.62 bits per heavy atom. The van der Waals surface area contributed by atoms with Gasteiger partial charge in [-0.3, -0.25) is 14.5 Å². The highest BCUT2D eigenvalue weighted by Crippen LogP contribution is 2.37. The minimum Gasteiger partial charge on any atom is -0.345 e. The summed E-state index contributed by atoms with van der Waals surface area (Å²) in [4.78, 5) is 24.8. The molecule has 0 saturated carbocycles. The molecule has 1 aliphatic heterocycles. The highest BCUT2D eigenvalue weighted by molar-refractivity contribution is 6.31.